The predicted molar refractivity (Wildman–Crippen MR) is 97.2 cm³/mol. The van der Waals surface area contributed by atoms with E-state index in [0.29, 0.717) is 18.7 Å². The van der Waals surface area contributed by atoms with Gasteiger partial charge in [0, 0.05) is 13.1 Å². The number of rotatable bonds is 5. The van der Waals surface area contributed by atoms with Gasteiger partial charge in [0.05, 0.1) is 19.2 Å². The van der Waals surface area contributed by atoms with E-state index in [0.717, 1.165) is 24.8 Å². The number of carbonyl (C=O) groups is 3. The second-order valence-electron chi connectivity index (χ2n) is 6.59. The Bertz CT molecular complexity index is 792. The summed E-state index contributed by atoms with van der Waals surface area (Å²) in [6, 6.07) is 9.70. The third-order valence-corrected chi connectivity index (χ3v) is 4.55. The second kappa shape index (κ2) is 8.53. The van der Waals surface area contributed by atoms with E-state index in [4.69, 9.17) is 9.52 Å². The Balaban J connectivity index is 1.79. The molecule has 0 bridgehead atoms. The van der Waals surface area contributed by atoms with E-state index in [9.17, 15) is 14.4 Å². The molecule has 1 aromatic heterocycles. The van der Waals surface area contributed by atoms with Gasteiger partial charge in [0.15, 0.2) is 5.76 Å². The first-order chi connectivity index (χ1) is 13.0. The molecule has 0 unspecified atom stereocenters. The maximum atomic E-state index is 13.0. The minimum atomic E-state index is -0.905. The molecule has 7 nitrogen and oxygen atoms in total. The highest BCUT2D eigenvalue weighted by Gasteiger charge is 2.29. The molecule has 142 valence electrons. The Hall–Kier alpha value is -3.09. The molecule has 3 amide bonds. The van der Waals surface area contributed by atoms with Crippen LogP contribution in [0, 0.1) is 0 Å². The van der Waals surface area contributed by atoms with Crippen LogP contribution >= 0.6 is 0 Å². The molecule has 2 heterocycles. The van der Waals surface area contributed by atoms with Crippen LogP contribution < -0.4 is 0 Å². The SMILES string of the molecule is O=C(O)Cc1ccc(CN(C(=O)c2ccco2)C(=O)N2CCCCC2)cc1. The lowest BCUT2D eigenvalue weighted by molar-refractivity contribution is -0.136. The van der Waals surface area contributed by atoms with E-state index in [1.54, 1.807) is 35.2 Å². The number of carboxylic acid groups (broad SMARTS) is 1. The summed E-state index contributed by atoms with van der Waals surface area (Å²) in [5, 5.41) is 8.86. The molecule has 1 N–H and O–H groups in total. The molecule has 1 aliphatic heterocycles. The smallest absolute Gasteiger partial charge is 0.327 e. The van der Waals surface area contributed by atoms with Crippen LogP contribution in [0.4, 0.5) is 4.79 Å². The van der Waals surface area contributed by atoms with Crippen molar-refractivity contribution in [3.05, 3.63) is 59.5 Å². The van der Waals surface area contributed by atoms with Gasteiger partial charge in [-0.15, -0.1) is 0 Å². The lowest BCUT2D eigenvalue weighted by atomic mass is 10.1. The van der Waals surface area contributed by atoms with Crippen LogP contribution in [0.5, 0.6) is 0 Å². The molecular weight excluding hydrogens is 348 g/mol. The Morgan fingerprint density at radius 1 is 1.00 bits per heavy atom. The molecule has 0 aliphatic carbocycles. The average molecular weight is 370 g/mol. The van der Waals surface area contributed by atoms with Gasteiger partial charge in [0.1, 0.15) is 0 Å². The minimum absolute atomic E-state index is 0.0674. The van der Waals surface area contributed by atoms with E-state index in [1.807, 2.05) is 0 Å². The lowest BCUT2D eigenvalue weighted by Gasteiger charge is -2.31. The first-order valence-electron chi connectivity index (χ1n) is 8.98. The fourth-order valence-corrected chi connectivity index (χ4v) is 3.14. The molecule has 27 heavy (non-hydrogen) atoms. The van der Waals surface area contributed by atoms with Crippen LogP contribution in [0.3, 0.4) is 0 Å². The van der Waals surface area contributed by atoms with E-state index in [2.05, 4.69) is 0 Å². The molecule has 0 saturated carbocycles. The van der Waals surface area contributed by atoms with Gasteiger partial charge in [-0.3, -0.25) is 14.5 Å². The summed E-state index contributed by atoms with van der Waals surface area (Å²) in [6.45, 7) is 1.37. The molecule has 1 aromatic carbocycles. The highest BCUT2D eigenvalue weighted by molar-refractivity contribution is 6.02. The van der Waals surface area contributed by atoms with Gasteiger partial charge < -0.3 is 14.4 Å². The zero-order valence-electron chi connectivity index (χ0n) is 15.0. The van der Waals surface area contributed by atoms with Gasteiger partial charge in [0.2, 0.25) is 0 Å². The van der Waals surface area contributed by atoms with Crippen molar-refractivity contribution >= 4 is 17.9 Å². The predicted octanol–water partition coefficient (Wildman–Crippen LogP) is 3.16. The Kier molecular flexibility index (Phi) is 5.90. The van der Waals surface area contributed by atoms with Crippen LogP contribution in [0.15, 0.2) is 47.1 Å². The van der Waals surface area contributed by atoms with E-state index in [-0.39, 0.29) is 24.8 Å². The quantitative estimate of drug-likeness (QED) is 0.873. The van der Waals surface area contributed by atoms with Crippen molar-refractivity contribution in [3.63, 3.8) is 0 Å². The number of imide groups is 1. The van der Waals surface area contributed by atoms with Crippen LogP contribution in [0.2, 0.25) is 0 Å². The number of hydrogen-bond donors (Lipinski definition) is 1. The van der Waals surface area contributed by atoms with Crippen LogP contribution in [0.1, 0.15) is 40.9 Å². The highest BCUT2D eigenvalue weighted by Crippen LogP contribution is 2.17. The Labute approximate surface area is 157 Å². The standard InChI is InChI=1S/C20H22N2O5/c23-18(24)13-15-6-8-16(9-7-15)14-22(19(25)17-5-4-12-27-17)20(26)21-10-2-1-3-11-21/h4-9,12H,1-3,10-11,13-14H2,(H,23,24). The van der Waals surface area contributed by atoms with Crippen LogP contribution in [-0.2, 0) is 17.8 Å². The molecule has 1 fully saturated rings. The summed E-state index contributed by atoms with van der Waals surface area (Å²) in [7, 11) is 0. The normalized spacial score (nSPS) is 14.0. The van der Waals surface area contributed by atoms with Gasteiger partial charge in [-0.25, -0.2) is 4.79 Å². The number of carbonyl (C=O) groups excluding carboxylic acids is 2. The van der Waals surface area contributed by atoms with Crippen LogP contribution in [-0.4, -0.2) is 45.9 Å². The van der Waals surface area contributed by atoms with Crippen molar-refractivity contribution in [2.24, 2.45) is 0 Å². The zero-order chi connectivity index (χ0) is 19.2. The minimum Gasteiger partial charge on any atom is -0.481 e. The third kappa shape index (κ3) is 4.75. The Morgan fingerprint density at radius 3 is 2.26 bits per heavy atom. The van der Waals surface area contributed by atoms with Gasteiger partial charge in [-0.05, 0) is 42.5 Å². The largest absolute Gasteiger partial charge is 0.481 e. The molecule has 1 saturated heterocycles. The number of urea groups is 1. The average Bonchev–Trinajstić information content (AvgIpc) is 3.21. The van der Waals surface area contributed by atoms with Crippen molar-refractivity contribution in [1.29, 1.82) is 0 Å². The first kappa shape index (κ1) is 18.7. The maximum Gasteiger partial charge on any atom is 0.327 e. The number of hydrogen-bond acceptors (Lipinski definition) is 4. The summed E-state index contributed by atoms with van der Waals surface area (Å²) in [5.74, 6) is -1.27. The lowest BCUT2D eigenvalue weighted by Crippen LogP contribution is -2.47. The number of amides is 3. The number of likely N-dealkylation sites (tertiary alicyclic amines) is 1. The van der Waals surface area contributed by atoms with E-state index in [1.165, 1.54) is 17.2 Å². The topological polar surface area (TPSA) is 91.1 Å². The number of carboxylic acids is 1. The summed E-state index contributed by atoms with van der Waals surface area (Å²) in [5.41, 5.74) is 1.41. The monoisotopic (exact) mass is 370 g/mol. The number of aliphatic carboxylic acids is 1. The van der Waals surface area contributed by atoms with Crippen LogP contribution in [0.25, 0.3) is 0 Å². The highest BCUT2D eigenvalue weighted by atomic mass is 16.4. The van der Waals surface area contributed by atoms with Crippen molar-refractivity contribution < 1.29 is 23.9 Å². The number of nitrogens with zero attached hydrogens (tertiary/aromatic N) is 2. The summed E-state index contributed by atoms with van der Waals surface area (Å²) in [4.78, 5) is 39.5. The molecular formula is C20H22N2O5. The van der Waals surface area contributed by atoms with Gasteiger partial charge in [-0.1, -0.05) is 24.3 Å². The molecule has 2 aromatic rings. The van der Waals surface area contributed by atoms with E-state index >= 15 is 0 Å². The second-order valence-corrected chi connectivity index (χ2v) is 6.59. The van der Waals surface area contributed by atoms with Gasteiger partial charge in [0.25, 0.3) is 5.91 Å². The summed E-state index contributed by atoms with van der Waals surface area (Å²) in [6.07, 6.45) is 4.28. The molecule has 0 spiro atoms. The number of benzene rings is 1. The summed E-state index contributed by atoms with van der Waals surface area (Å²) >= 11 is 0. The molecule has 1 aliphatic rings. The van der Waals surface area contributed by atoms with Gasteiger partial charge in [-0.2, -0.15) is 0 Å². The molecule has 0 radical (unpaired) electrons. The fraction of sp³-hybridized carbons (Fsp3) is 0.350. The Morgan fingerprint density at radius 2 is 1.67 bits per heavy atom. The molecule has 3 rings (SSSR count). The summed E-state index contributed by atoms with van der Waals surface area (Å²) < 4.78 is 5.19. The number of piperidine rings is 1. The first-order valence-corrected chi connectivity index (χ1v) is 8.98. The molecule has 0 atom stereocenters. The van der Waals surface area contributed by atoms with Gasteiger partial charge >= 0.3 is 12.0 Å². The van der Waals surface area contributed by atoms with E-state index < -0.39 is 11.9 Å². The third-order valence-electron chi connectivity index (χ3n) is 4.55. The van der Waals surface area contributed by atoms with Crippen molar-refractivity contribution in [3.8, 4) is 0 Å². The number of furan rings is 1. The van der Waals surface area contributed by atoms with Crippen molar-refractivity contribution in [1.82, 2.24) is 9.80 Å². The molecule has 7 heteroatoms. The maximum absolute atomic E-state index is 13.0. The van der Waals surface area contributed by atoms with Crippen molar-refractivity contribution in [2.45, 2.75) is 32.2 Å². The zero-order valence-corrected chi connectivity index (χ0v) is 15.0. The fourth-order valence-electron chi connectivity index (χ4n) is 3.14. The van der Waals surface area contributed by atoms with Crippen molar-refractivity contribution in [2.75, 3.05) is 13.1 Å².